The quantitative estimate of drug-likeness (QED) is 0.350. The smallest absolute Gasteiger partial charge is 0.268 e. The summed E-state index contributed by atoms with van der Waals surface area (Å²) in [5, 5.41) is 9.20. The molecule has 1 aromatic heterocycles. The molecule has 0 radical (unpaired) electrons. The molecule has 3 amide bonds. The van der Waals surface area contributed by atoms with Crippen LogP contribution in [-0.2, 0) is 14.4 Å². The highest BCUT2D eigenvalue weighted by atomic mass is 16.5. The van der Waals surface area contributed by atoms with Crippen molar-refractivity contribution in [1.29, 1.82) is 0 Å². The van der Waals surface area contributed by atoms with E-state index in [1.54, 1.807) is 32.2 Å². The van der Waals surface area contributed by atoms with Gasteiger partial charge in [-0.25, -0.2) is 0 Å². The van der Waals surface area contributed by atoms with E-state index >= 15 is 0 Å². The van der Waals surface area contributed by atoms with E-state index in [-0.39, 0.29) is 36.5 Å². The van der Waals surface area contributed by atoms with E-state index < -0.39 is 23.9 Å². The van der Waals surface area contributed by atoms with Gasteiger partial charge in [-0.05, 0) is 57.5 Å². The van der Waals surface area contributed by atoms with Crippen LogP contribution in [-0.4, -0.2) is 79.8 Å². The lowest BCUT2D eigenvalue weighted by molar-refractivity contribution is -0.130. The Hall–Kier alpha value is -3.40. The molecule has 3 rings (SSSR count). The number of aromatic amines is 1. The number of nitrogens with zero attached hydrogens (tertiary/aromatic N) is 1. The molecule has 1 aliphatic heterocycles. The number of fused-ring (bicyclic) bond motifs is 1. The van der Waals surface area contributed by atoms with Crippen molar-refractivity contribution in [3.8, 4) is 5.75 Å². The number of amides is 3. The van der Waals surface area contributed by atoms with Gasteiger partial charge in [0.15, 0.2) is 5.78 Å². The predicted molar refractivity (Wildman–Crippen MR) is 137 cm³/mol. The maximum absolute atomic E-state index is 13.4. The average molecular weight is 500 g/mol. The predicted octanol–water partition coefficient (Wildman–Crippen LogP) is 1.46. The zero-order valence-electron chi connectivity index (χ0n) is 21.6. The van der Waals surface area contributed by atoms with Crippen molar-refractivity contribution in [2.45, 2.75) is 45.2 Å². The molecule has 1 fully saturated rings. The van der Waals surface area contributed by atoms with Gasteiger partial charge in [-0.1, -0.05) is 19.9 Å². The van der Waals surface area contributed by atoms with Crippen molar-refractivity contribution in [3.05, 3.63) is 30.0 Å². The second-order valence-electron chi connectivity index (χ2n) is 10.0. The normalized spacial score (nSPS) is 17.2. The molecule has 0 spiro atoms. The third-order valence-electron chi connectivity index (χ3n) is 6.28. The fourth-order valence-electron chi connectivity index (χ4n) is 4.49. The summed E-state index contributed by atoms with van der Waals surface area (Å²) in [5.41, 5.74) is 1.05. The van der Waals surface area contributed by atoms with E-state index in [9.17, 15) is 19.2 Å². The van der Waals surface area contributed by atoms with E-state index in [1.165, 1.54) is 0 Å². The van der Waals surface area contributed by atoms with Crippen molar-refractivity contribution in [1.82, 2.24) is 25.8 Å². The largest absolute Gasteiger partial charge is 0.496 e. The number of methoxy groups -OCH3 is 1. The van der Waals surface area contributed by atoms with E-state index in [4.69, 9.17) is 4.74 Å². The van der Waals surface area contributed by atoms with Gasteiger partial charge < -0.3 is 30.6 Å². The minimum Gasteiger partial charge on any atom is -0.496 e. The highest BCUT2D eigenvalue weighted by Gasteiger charge is 2.33. The van der Waals surface area contributed by atoms with Crippen molar-refractivity contribution >= 4 is 34.4 Å². The Morgan fingerprint density at radius 2 is 1.92 bits per heavy atom. The Bertz CT molecular complexity index is 1110. The number of nitrogens with one attached hydrogen (secondary N) is 4. The molecule has 196 valence electrons. The molecular formula is C26H37N5O5. The number of hydrogen-bond donors (Lipinski definition) is 4. The van der Waals surface area contributed by atoms with Crippen LogP contribution in [0.1, 0.15) is 43.6 Å². The topological polar surface area (TPSA) is 133 Å². The molecule has 10 nitrogen and oxygen atoms in total. The number of ether oxygens (including phenoxy) is 1. The third kappa shape index (κ3) is 6.84. The van der Waals surface area contributed by atoms with Crippen LogP contribution in [0.2, 0.25) is 0 Å². The number of Topliss-reactive ketones (excluding diaryl/α,β-unsaturated/α-hetero) is 1. The Morgan fingerprint density at radius 3 is 2.53 bits per heavy atom. The minimum atomic E-state index is -0.849. The number of benzene rings is 1. The molecule has 10 heteroatoms. The summed E-state index contributed by atoms with van der Waals surface area (Å²) in [6.07, 6.45) is 1.24. The summed E-state index contributed by atoms with van der Waals surface area (Å²) >= 11 is 0. The maximum Gasteiger partial charge on any atom is 0.268 e. The van der Waals surface area contributed by atoms with Gasteiger partial charge in [0.1, 0.15) is 17.5 Å². The highest BCUT2D eigenvalue weighted by Crippen LogP contribution is 2.26. The van der Waals surface area contributed by atoms with Crippen LogP contribution in [0.5, 0.6) is 5.75 Å². The Morgan fingerprint density at radius 1 is 1.17 bits per heavy atom. The number of aromatic nitrogens is 1. The second-order valence-corrected chi connectivity index (χ2v) is 10.0. The van der Waals surface area contributed by atoms with Crippen molar-refractivity contribution < 1.29 is 23.9 Å². The van der Waals surface area contributed by atoms with Gasteiger partial charge in [0.25, 0.3) is 5.91 Å². The molecule has 0 aliphatic carbocycles. The number of likely N-dealkylation sites (N-methyl/N-ethyl adjacent to an activating group) is 1. The molecule has 36 heavy (non-hydrogen) atoms. The number of H-pyrrole nitrogens is 1. The van der Waals surface area contributed by atoms with Crippen molar-refractivity contribution in [3.63, 3.8) is 0 Å². The van der Waals surface area contributed by atoms with Crippen LogP contribution in [0.25, 0.3) is 10.9 Å². The summed E-state index contributed by atoms with van der Waals surface area (Å²) in [4.78, 5) is 56.3. The summed E-state index contributed by atoms with van der Waals surface area (Å²) in [5.74, 6) is -0.737. The van der Waals surface area contributed by atoms with Crippen molar-refractivity contribution in [2.24, 2.45) is 11.8 Å². The van der Waals surface area contributed by atoms with Crippen LogP contribution in [0.4, 0.5) is 0 Å². The molecule has 4 N–H and O–H groups in total. The first-order valence-corrected chi connectivity index (χ1v) is 12.3. The lowest BCUT2D eigenvalue weighted by Gasteiger charge is -2.25. The monoisotopic (exact) mass is 499 g/mol. The minimum absolute atomic E-state index is 0.104. The number of rotatable bonds is 12. The lowest BCUT2D eigenvalue weighted by atomic mass is 9.94. The molecule has 1 saturated heterocycles. The van der Waals surface area contributed by atoms with Crippen LogP contribution < -0.4 is 20.7 Å². The average Bonchev–Trinajstić information content (AvgIpc) is 3.43. The fraction of sp³-hybridized carbons (Fsp3) is 0.538. The maximum atomic E-state index is 13.4. The van der Waals surface area contributed by atoms with Gasteiger partial charge in [-0.2, -0.15) is 0 Å². The number of carbonyl (C=O) groups excluding carboxylic acids is 4. The van der Waals surface area contributed by atoms with Crippen LogP contribution >= 0.6 is 0 Å². The molecule has 0 bridgehead atoms. The summed E-state index contributed by atoms with van der Waals surface area (Å²) in [7, 11) is 5.11. The van der Waals surface area contributed by atoms with E-state index in [0.717, 1.165) is 10.9 Å². The molecular weight excluding hydrogens is 462 g/mol. The number of ketones is 1. The molecule has 2 heterocycles. The van der Waals surface area contributed by atoms with Gasteiger partial charge in [-0.3, -0.25) is 19.2 Å². The summed E-state index contributed by atoms with van der Waals surface area (Å²) < 4.78 is 5.37. The first-order valence-electron chi connectivity index (χ1n) is 12.3. The first-order chi connectivity index (χ1) is 17.1. The summed E-state index contributed by atoms with van der Waals surface area (Å²) in [6.45, 7) is 4.61. The van der Waals surface area contributed by atoms with Crippen LogP contribution in [0.3, 0.4) is 0 Å². The van der Waals surface area contributed by atoms with E-state index in [2.05, 4.69) is 20.9 Å². The molecule has 1 unspecified atom stereocenters. The highest BCUT2D eigenvalue weighted by molar-refractivity contribution is 6.02. The van der Waals surface area contributed by atoms with Gasteiger partial charge >= 0.3 is 0 Å². The Labute approximate surface area is 211 Å². The summed E-state index contributed by atoms with van der Waals surface area (Å²) in [6, 6.07) is 5.49. The molecule has 1 aromatic carbocycles. The van der Waals surface area contributed by atoms with E-state index in [0.29, 0.717) is 30.8 Å². The lowest BCUT2D eigenvalue weighted by Crippen LogP contribution is -2.53. The SMILES string of the molecule is COc1cccc2[nH]c(C(=O)NC(CC(C)C)C(=O)N[C@@H](C[C@@H]3CCNC3=O)C(=O)CN(C)C)cc12. The molecule has 2 aromatic rings. The van der Waals surface area contributed by atoms with Crippen LogP contribution in [0.15, 0.2) is 24.3 Å². The number of carbonyl (C=O) groups is 4. The van der Waals surface area contributed by atoms with Gasteiger partial charge in [0, 0.05) is 23.4 Å². The third-order valence-corrected chi connectivity index (χ3v) is 6.28. The Kier molecular flexibility index (Phi) is 9.08. The van der Waals surface area contributed by atoms with Gasteiger partial charge in [-0.15, -0.1) is 0 Å². The molecule has 0 saturated carbocycles. The fourth-order valence-corrected chi connectivity index (χ4v) is 4.49. The van der Waals surface area contributed by atoms with Gasteiger partial charge in [0.2, 0.25) is 11.8 Å². The number of hydrogen-bond acceptors (Lipinski definition) is 6. The molecule has 1 aliphatic rings. The van der Waals surface area contributed by atoms with Gasteiger partial charge in [0.05, 0.1) is 19.7 Å². The second kappa shape index (κ2) is 12.0. The van der Waals surface area contributed by atoms with Crippen LogP contribution in [0, 0.1) is 11.8 Å². The Balaban J connectivity index is 1.77. The molecule has 3 atom stereocenters. The zero-order chi connectivity index (χ0) is 26.4. The van der Waals surface area contributed by atoms with E-state index in [1.807, 2.05) is 32.0 Å². The standard InChI is InChI=1S/C26H37N5O5/c1-15(2)11-20(30-26(35)21-13-17-18(28-21)7-6-8-23(17)36-5)25(34)29-19(22(32)14-31(3)4)12-16-9-10-27-24(16)33/h6-8,13,15-16,19-20,28H,9-12,14H2,1-5H3,(H,27,33)(H,29,34)(H,30,35)/t16-,19-,20?/m0/s1. The van der Waals surface area contributed by atoms with Crippen molar-refractivity contribution in [2.75, 3.05) is 34.3 Å². The zero-order valence-corrected chi connectivity index (χ0v) is 21.6. The first kappa shape index (κ1) is 27.2.